The van der Waals surface area contributed by atoms with E-state index in [2.05, 4.69) is 4.74 Å². The molecule has 2 aromatic rings. The molecule has 1 unspecified atom stereocenters. The van der Waals surface area contributed by atoms with E-state index in [9.17, 15) is 14.0 Å². The van der Waals surface area contributed by atoms with Gasteiger partial charge < -0.3 is 4.74 Å². The number of esters is 1. The average Bonchev–Trinajstić information content (AvgIpc) is 2.45. The van der Waals surface area contributed by atoms with Gasteiger partial charge in [0.15, 0.2) is 5.78 Å². The second kappa shape index (κ2) is 5.18. The highest BCUT2D eigenvalue weighted by Gasteiger charge is 2.25. The van der Waals surface area contributed by atoms with Gasteiger partial charge in [-0.15, -0.1) is 0 Å². The van der Waals surface area contributed by atoms with E-state index in [4.69, 9.17) is 0 Å². The number of ketones is 1. The third kappa shape index (κ3) is 2.34. The minimum atomic E-state index is -0.904. The lowest BCUT2D eigenvalue weighted by Gasteiger charge is -2.11. The number of hydrogen-bond acceptors (Lipinski definition) is 3. The Labute approximate surface area is 110 Å². The van der Waals surface area contributed by atoms with E-state index < -0.39 is 17.7 Å². The fourth-order valence-electron chi connectivity index (χ4n) is 1.99. The third-order valence-electron chi connectivity index (χ3n) is 3.08. The van der Waals surface area contributed by atoms with Crippen molar-refractivity contribution in [2.24, 2.45) is 5.92 Å². The second-order valence-electron chi connectivity index (χ2n) is 4.25. The van der Waals surface area contributed by atoms with Crippen LogP contribution in [0.15, 0.2) is 36.4 Å². The fraction of sp³-hybridized carbons (Fsp3) is 0.200. The van der Waals surface area contributed by atoms with Gasteiger partial charge >= 0.3 is 5.97 Å². The van der Waals surface area contributed by atoms with Gasteiger partial charge in [0.2, 0.25) is 0 Å². The van der Waals surface area contributed by atoms with Crippen molar-refractivity contribution >= 4 is 22.5 Å². The number of methoxy groups -OCH3 is 1. The van der Waals surface area contributed by atoms with Crippen molar-refractivity contribution in [3.63, 3.8) is 0 Å². The smallest absolute Gasteiger partial charge is 0.316 e. The molecule has 0 N–H and O–H groups in total. The van der Waals surface area contributed by atoms with Crippen LogP contribution in [0.3, 0.4) is 0 Å². The number of benzene rings is 2. The largest absolute Gasteiger partial charge is 0.468 e. The van der Waals surface area contributed by atoms with E-state index in [1.807, 2.05) is 0 Å². The summed E-state index contributed by atoms with van der Waals surface area (Å²) in [6.07, 6.45) is 0. The Morgan fingerprint density at radius 2 is 1.74 bits per heavy atom. The molecule has 0 spiro atoms. The van der Waals surface area contributed by atoms with Gasteiger partial charge in [-0.25, -0.2) is 4.39 Å². The molecule has 2 aromatic carbocycles. The topological polar surface area (TPSA) is 43.4 Å². The molecule has 0 fully saturated rings. The quantitative estimate of drug-likeness (QED) is 0.484. The summed E-state index contributed by atoms with van der Waals surface area (Å²) < 4.78 is 18.2. The van der Waals surface area contributed by atoms with Gasteiger partial charge in [0, 0.05) is 10.9 Å². The molecule has 0 saturated heterocycles. The standard InChI is InChI=1S/C15H13FO3/c1-9(15(18)19-2)14(17)12-7-8-13(16)11-6-4-3-5-10(11)12/h3-9H,1-2H3. The molecule has 98 valence electrons. The zero-order valence-corrected chi connectivity index (χ0v) is 10.6. The maximum Gasteiger partial charge on any atom is 0.316 e. The highest BCUT2D eigenvalue weighted by atomic mass is 19.1. The monoisotopic (exact) mass is 260 g/mol. The van der Waals surface area contributed by atoms with Crippen molar-refractivity contribution in [1.29, 1.82) is 0 Å². The lowest BCUT2D eigenvalue weighted by Crippen LogP contribution is -2.22. The summed E-state index contributed by atoms with van der Waals surface area (Å²) in [4.78, 5) is 23.7. The van der Waals surface area contributed by atoms with Crippen LogP contribution in [0, 0.1) is 11.7 Å². The molecule has 0 amide bonds. The zero-order chi connectivity index (χ0) is 14.0. The number of ether oxygens (including phenoxy) is 1. The predicted octanol–water partition coefficient (Wildman–Crippen LogP) is 2.97. The number of carbonyl (C=O) groups is 2. The fourth-order valence-corrected chi connectivity index (χ4v) is 1.99. The summed E-state index contributed by atoms with van der Waals surface area (Å²) in [5.74, 6) is -2.27. The molecular formula is C15H13FO3. The molecule has 0 aromatic heterocycles. The summed E-state index contributed by atoms with van der Waals surface area (Å²) in [7, 11) is 1.23. The Hall–Kier alpha value is -2.23. The highest BCUT2D eigenvalue weighted by molar-refractivity contribution is 6.15. The minimum absolute atomic E-state index is 0.329. The van der Waals surface area contributed by atoms with Crippen molar-refractivity contribution in [2.45, 2.75) is 6.92 Å². The van der Waals surface area contributed by atoms with Crippen LogP contribution in [0.1, 0.15) is 17.3 Å². The summed E-state index contributed by atoms with van der Waals surface area (Å²) in [6.45, 7) is 1.48. The van der Waals surface area contributed by atoms with Crippen LogP contribution >= 0.6 is 0 Å². The third-order valence-corrected chi connectivity index (χ3v) is 3.08. The van der Waals surface area contributed by atoms with Gasteiger partial charge in [0.05, 0.1) is 7.11 Å². The van der Waals surface area contributed by atoms with E-state index in [0.29, 0.717) is 16.3 Å². The number of hydrogen-bond donors (Lipinski definition) is 0. The molecule has 2 rings (SSSR count). The molecule has 0 bridgehead atoms. The Balaban J connectivity index is 2.55. The maximum atomic E-state index is 13.7. The first-order chi connectivity index (χ1) is 9.06. The first-order valence-electron chi connectivity index (χ1n) is 5.85. The summed E-state index contributed by atoms with van der Waals surface area (Å²) in [6, 6.07) is 9.32. The average molecular weight is 260 g/mol. The molecular weight excluding hydrogens is 247 g/mol. The van der Waals surface area contributed by atoms with E-state index in [-0.39, 0.29) is 5.78 Å². The van der Waals surface area contributed by atoms with Crippen LogP contribution < -0.4 is 0 Å². The van der Waals surface area contributed by atoms with E-state index in [1.165, 1.54) is 26.2 Å². The highest BCUT2D eigenvalue weighted by Crippen LogP contribution is 2.24. The van der Waals surface area contributed by atoms with Crippen LogP contribution in [0.4, 0.5) is 4.39 Å². The van der Waals surface area contributed by atoms with E-state index >= 15 is 0 Å². The summed E-state index contributed by atoms with van der Waals surface area (Å²) in [5.41, 5.74) is 0.329. The van der Waals surface area contributed by atoms with Crippen LogP contribution in [-0.4, -0.2) is 18.9 Å². The van der Waals surface area contributed by atoms with E-state index in [0.717, 1.165) is 0 Å². The molecule has 0 aliphatic rings. The number of carbonyl (C=O) groups excluding carboxylic acids is 2. The first-order valence-corrected chi connectivity index (χ1v) is 5.85. The van der Waals surface area contributed by atoms with Gasteiger partial charge in [-0.3, -0.25) is 9.59 Å². The van der Waals surface area contributed by atoms with Crippen LogP contribution in [0.25, 0.3) is 10.8 Å². The van der Waals surface area contributed by atoms with Gasteiger partial charge in [0.25, 0.3) is 0 Å². The maximum absolute atomic E-state index is 13.7. The van der Waals surface area contributed by atoms with Gasteiger partial charge in [0.1, 0.15) is 11.7 Å². The molecule has 0 saturated carbocycles. The van der Waals surface area contributed by atoms with Crippen molar-refractivity contribution in [3.05, 3.63) is 47.8 Å². The zero-order valence-electron chi connectivity index (χ0n) is 10.6. The molecule has 3 nitrogen and oxygen atoms in total. The summed E-state index contributed by atoms with van der Waals surface area (Å²) in [5, 5.41) is 0.869. The van der Waals surface area contributed by atoms with Crippen LogP contribution in [0.5, 0.6) is 0 Å². The Bertz CT molecular complexity index is 649. The first kappa shape index (κ1) is 13.2. The van der Waals surface area contributed by atoms with E-state index in [1.54, 1.807) is 24.3 Å². The second-order valence-corrected chi connectivity index (χ2v) is 4.25. The molecule has 0 radical (unpaired) electrons. The number of halogens is 1. The number of rotatable bonds is 3. The molecule has 1 atom stereocenters. The van der Waals surface area contributed by atoms with Crippen LogP contribution in [0.2, 0.25) is 0 Å². The Kier molecular flexibility index (Phi) is 3.60. The van der Waals surface area contributed by atoms with Gasteiger partial charge in [-0.1, -0.05) is 24.3 Å². The van der Waals surface area contributed by atoms with Crippen molar-refractivity contribution in [2.75, 3.05) is 7.11 Å². The van der Waals surface area contributed by atoms with Crippen LogP contribution in [-0.2, 0) is 9.53 Å². The van der Waals surface area contributed by atoms with Crippen molar-refractivity contribution in [3.8, 4) is 0 Å². The SMILES string of the molecule is COC(=O)C(C)C(=O)c1ccc(F)c2ccccc12. The normalized spacial score (nSPS) is 12.2. The van der Waals surface area contributed by atoms with Crippen molar-refractivity contribution in [1.82, 2.24) is 0 Å². The van der Waals surface area contributed by atoms with Crippen molar-refractivity contribution < 1.29 is 18.7 Å². The Morgan fingerprint density at radius 1 is 1.11 bits per heavy atom. The molecule has 0 aliphatic carbocycles. The number of Topliss-reactive ketones (excluding diaryl/α,β-unsaturated/α-hetero) is 1. The minimum Gasteiger partial charge on any atom is -0.468 e. The lowest BCUT2D eigenvalue weighted by molar-refractivity contribution is -0.143. The molecule has 0 aliphatic heterocycles. The lowest BCUT2D eigenvalue weighted by atomic mass is 9.94. The molecule has 0 heterocycles. The van der Waals surface area contributed by atoms with Gasteiger partial charge in [-0.05, 0) is 24.4 Å². The number of fused-ring (bicyclic) bond motifs is 1. The summed E-state index contributed by atoms with van der Waals surface area (Å²) >= 11 is 0. The molecule has 4 heteroatoms. The Morgan fingerprint density at radius 3 is 2.37 bits per heavy atom. The van der Waals surface area contributed by atoms with Gasteiger partial charge in [-0.2, -0.15) is 0 Å². The predicted molar refractivity (Wildman–Crippen MR) is 69.4 cm³/mol. The molecule has 19 heavy (non-hydrogen) atoms.